The summed E-state index contributed by atoms with van der Waals surface area (Å²) in [5.74, 6) is -1.35. The number of nitrogens with one attached hydrogen (secondary N) is 1. The van der Waals surface area contributed by atoms with Crippen LogP contribution < -0.4 is 5.32 Å². The molecule has 6 nitrogen and oxygen atoms in total. The van der Waals surface area contributed by atoms with Crippen molar-refractivity contribution in [1.29, 1.82) is 0 Å². The summed E-state index contributed by atoms with van der Waals surface area (Å²) in [6, 6.07) is 1.24. The highest BCUT2D eigenvalue weighted by Gasteiger charge is 2.20. The van der Waals surface area contributed by atoms with Crippen molar-refractivity contribution in [3.63, 3.8) is 0 Å². The summed E-state index contributed by atoms with van der Waals surface area (Å²) in [4.78, 5) is 26.0. The molecule has 1 aromatic heterocycles. The van der Waals surface area contributed by atoms with Crippen LogP contribution in [0.4, 0.5) is 10.5 Å². The van der Waals surface area contributed by atoms with Gasteiger partial charge >= 0.3 is 12.1 Å². The molecular weight excluding hydrogens is 295 g/mol. The molecule has 0 unspecified atom stereocenters. The molecule has 0 spiro atoms. The number of pyridine rings is 1. The first-order valence-corrected chi connectivity index (χ1v) is 5.95. The summed E-state index contributed by atoms with van der Waals surface area (Å²) < 4.78 is 5.02. The highest BCUT2D eigenvalue weighted by molar-refractivity contribution is 6.37. The summed E-state index contributed by atoms with van der Waals surface area (Å²) in [6.07, 6.45) is -0.770. The van der Waals surface area contributed by atoms with E-state index in [0.29, 0.717) is 0 Å². The van der Waals surface area contributed by atoms with E-state index in [1.807, 2.05) is 0 Å². The highest BCUT2D eigenvalue weighted by atomic mass is 35.5. The van der Waals surface area contributed by atoms with E-state index in [2.05, 4.69) is 10.3 Å². The van der Waals surface area contributed by atoms with Crippen molar-refractivity contribution in [2.45, 2.75) is 26.4 Å². The fourth-order valence-electron chi connectivity index (χ4n) is 1.14. The molecule has 0 fully saturated rings. The Morgan fingerprint density at radius 2 is 1.95 bits per heavy atom. The van der Waals surface area contributed by atoms with Gasteiger partial charge in [-0.3, -0.25) is 5.32 Å². The zero-order chi connectivity index (χ0) is 14.8. The lowest BCUT2D eigenvalue weighted by Crippen LogP contribution is -2.27. The maximum absolute atomic E-state index is 11.6. The van der Waals surface area contributed by atoms with Crippen molar-refractivity contribution in [1.82, 2.24) is 4.98 Å². The number of carboxylic acids is 1. The number of rotatable bonds is 2. The van der Waals surface area contributed by atoms with Crippen LogP contribution in [0.2, 0.25) is 10.2 Å². The molecule has 1 amide bonds. The number of carbonyl (C=O) groups excluding carboxylic acids is 1. The average molecular weight is 307 g/mol. The standard InChI is InChI=1S/C11H12Cl2N2O4/c1-11(2,3)19-10(18)14-5-4-6(12)15-8(7(5)13)9(16)17/h4H,1-3H3,(H,16,17)(H,14,15,18). The molecule has 0 atom stereocenters. The van der Waals surface area contributed by atoms with E-state index in [0.717, 1.165) is 0 Å². The van der Waals surface area contributed by atoms with Crippen molar-refractivity contribution in [2.75, 3.05) is 5.32 Å². The van der Waals surface area contributed by atoms with Gasteiger partial charge in [-0.1, -0.05) is 23.2 Å². The zero-order valence-electron chi connectivity index (χ0n) is 10.5. The lowest BCUT2D eigenvalue weighted by Gasteiger charge is -2.20. The van der Waals surface area contributed by atoms with Crippen molar-refractivity contribution >= 4 is 41.0 Å². The third kappa shape index (κ3) is 4.57. The van der Waals surface area contributed by atoms with Gasteiger partial charge in [0, 0.05) is 6.07 Å². The Bertz CT molecular complexity index is 526. The molecule has 19 heavy (non-hydrogen) atoms. The Labute approximate surface area is 119 Å². The van der Waals surface area contributed by atoms with Crippen LogP contribution in [0.15, 0.2) is 6.07 Å². The molecule has 0 aliphatic rings. The van der Waals surface area contributed by atoms with E-state index >= 15 is 0 Å². The Kier molecular flexibility index (Phi) is 4.60. The number of ether oxygens (including phenoxy) is 1. The first-order valence-electron chi connectivity index (χ1n) is 5.19. The van der Waals surface area contributed by atoms with Gasteiger partial charge in [-0.05, 0) is 20.8 Å². The van der Waals surface area contributed by atoms with Crippen LogP contribution in [0, 0.1) is 0 Å². The van der Waals surface area contributed by atoms with Gasteiger partial charge in [0.05, 0.1) is 10.7 Å². The lowest BCUT2D eigenvalue weighted by atomic mass is 10.2. The molecular formula is C11H12Cl2N2O4. The minimum atomic E-state index is -1.35. The maximum atomic E-state index is 11.6. The Morgan fingerprint density at radius 1 is 1.37 bits per heavy atom. The number of carbonyl (C=O) groups is 2. The number of amides is 1. The Morgan fingerprint density at radius 3 is 2.42 bits per heavy atom. The number of carboxylic acid groups (broad SMARTS) is 1. The smallest absolute Gasteiger partial charge is 0.412 e. The van der Waals surface area contributed by atoms with Gasteiger partial charge in [0.25, 0.3) is 0 Å². The number of hydrogen-bond donors (Lipinski definition) is 2. The molecule has 104 valence electrons. The molecule has 0 aliphatic carbocycles. The number of hydrogen-bond acceptors (Lipinski definition) is 4. The fourth-order valence-corrected chi connectivity index (χ4v) is 1.56. The third-order valence-electron chi connectivity index (χ3n) is 1.76. The van der Waals surface area contributed by atoms with E-state index in [1.54, 1.807) is 20.8 Å². The summed E-state index contributed by atoms with van der Waals surface area (Å²) >= 11 is 11.5. The predicted molar refractivity (Wildman–Crippen MR) is 71.1 cm³/mol. The average Bonchev–Trinajstić information content (AvgIpc) is 2.19. The Balaban J connectivity index is 3.02. The minimum Gasteiger partial charge on any atom is -0.476 e. The second kappa shape index (κ2) is 5.63. The van der Waals surface area contributed by atoms with E-state index in [4.69, 9.17) is 33.0 Å². The number of aromatic nitrogens is 1. The predicted octanol–water partition coefficient (Wildman–Crippen LogP) is 3.43. The fraction of sp³-hybridized carbons (Fsp3) is 0.364. The second-order valence-corrected chi connectivity index (χ2v) is 5.35. The molecule has 0 bridgehead atoms. The van der Waals surface area contributed by atoms with Crippen LogP contribution >= 0.6 is 23.2 Å². The molecule has 0 saturated heterocycles. The third-order valence-corrected chi connectivity index (χ3v) is 2.34. The van der Waals surface area contributed by atoms with Gasteiger partial charge in [-0.15, -0.1) is 0 Å². The van der Waals surface area contributed by atoms with Crippen LogP contribution in [0.25, 0.3) is 0 Å². The molecule has 1 heterocycles. The van der Waals surface area contributed by atoms with Crippen molar-refractivity contribution in [3.05, 3.63) is 21.9 Å². The molecule has 0 aromatic carbocycles. The lowest BCUT2D eigenvalue weighted by molar-refractivity contribution is 0.0632. The first-order chi connectivity index (χ1) is 8.60. The maximum Gasteiger partial charge on any atom is 0.412 e. The van der Waals surface area contributed by atoms with Gasteiger partial charge < -0.3 is 9.84 Å². The van der Waals surface area contributed by atoms with Crippen LogP contribution in [-0.2, 0) is 4.74 Å². The minimum absolute atomic E-state index is 0.0216. The van der Waals surface area contributed by atoms with Gasteiger partial charge in [-0.2, -0.15) is 0 Å². The van der Waals surface area contributed by atoms with Gasteiger partial charge in [0.1, 0.15) is 10.8 Å². The van der Waals surface area contributed by atoms with Crippen molar-refractivity contribution < 1.29 is 19.4 Å². The van der Waals surface area contributed by atoms with Crippen LogP contribution in [0.1, 0.15) is 31.3 Å². The Hall–Kier alpha value is -1.53. The molecule has 0 saturated carbocycles. The number of anilines is 1. The summed E-state index contributed by atoms with van der Waals surface area (Å²) in [6.45, 7) is 5.07. The van der Waals surface area contributed by atoms with E-state index in [-0.39, 0.29) is 15.9 Å². The van der Waals surface area contributed by atoms with Gasteiger partial charge in [-0.25, -0.2) is 14.6 Å². The van der Waals surface area contributed by atoms with Crippen LogP contribution in [-0.4, -0.2) is 27.8 Å². The topological polar surface area (TPSA) is 88.5 Å². The number of halogens is 2. The summed E-state index contributed by atoms with van der Waals surface area (Å²) in [7, 11) is 0. The summed E-state index contributed by atoms with van der Waals surface area (Å²) in [5.41, 5.74) is -1.11. The SMILES string of the molecule is CC(C)(C)OC(=O)Nc1cc(Cl)nc(C(=O)O)c1Cl. The molecule has 1 aromatic rings. The van der Waals surface area contributed by atoms with Gasteiger partial charge in [0.15, 0.2) is 5.69 Å². The van der Waals surface area contributed by atoms with Crippen LogP contribution in [0.5, 0.6) is 0 Å². The van der Waals surface area contributed by atoms with E-state index in [9.17, 15) is 9.59 Å². The van der Waals surface area contributed by atoms with Gasteiger partial charge in [0.2, 0.25) is 0 Å². The van der Waals surface area contributed by atoms with Crippen molar-refractivity contribution in [3.8, 4) is 0 Å². The van der Waals surface area contributed by atoms with E-state index in [1.165, 1.54) is 6.07 Å². The number of nitrogens with zero attached hydrogens (tertiary/aromatic N) is 1. The van der Waals surface area contributed by atoms with Crippen LogP contribution in [0.3, 0.4) is 0 Å². The normalized spacial score (nSPS) is 11.0. The highest BCUT2D eigenvalue weighted by Crippen LogP contribution is 2.28. The summed E-state index contributed by atoms with van der Waals surface area (Å²) in [5, 5.41) is 10.9. The van der Waals surface area contributed by atoms with Crippen molar-refractivity contribution in [2.24, 2.45) is 0 Å². The number of aromatic carboxylic acids is 1. The molecule has 0 radical (unpaired) electrons. The zero-order valence-corrected chi connectivity index (χ0v) is 12.0. The largest absolute Gasteiger partial charge is 0.476 e. The molecule has 8 heteroatoms. The van der Waals surface area contributed by atoms with E-state index < -0.39 is 23.4 Å². The molecule has 0 aliphatic heterocycles. The quantitative estimate of drug-likeness (QED) is 0.817. The molecule has 1 rings (SSSR count). The second-order valence-electron chi connectivity index (χ2n) is 4.59. The first kappa shape index (κ1) is 15.5. The monoisotopic (exact) mass is 306 g/mol. The molecule has 2 N–H and O–H groups in total.